The van der Waals surface area contributed by atoms with Gasteiger partial charge in [-0.25, -0.2) is 8.78 Å². The maximum atomic E-state index is 14.0. The smallest absolute Gasteiger partial charge is 0.255 e. The van der Waals surface area contributed by atoms with Gasteiger partial charge in [-0.2, -0.15) is 4.98 Å². The highest BCUT2D eigenvalue weighted by Crippen LogP contribution is 2.27. The highest BCUT2D eigenvalue weighted by atomic mass is 32.2. The minimum Gasteiger partial charge on any atom is -0.611 e. The van der Waals surface area contributed by atoms with Crippen molar-refractivity contribution in [2.24, 2.45) is 0 Å². The molecule has 2 aromatic rings. The first-order valence-electron chi connectivity index (χ1n) is 7.98. The molecule has 1 aromatic heterocycles. The van der Waals surface area contributed by atoms with E-state index in [4.69, 9.17) is 9.26 Å². The normalized spacial score (nSPS) is 18.3. The summed E-state index contributed by atoms with van der Waals surface area (Å²) in [5, 5.41) is 7.02. The Morgan fingerprint density at radius 2 is 1.96 bits per heavy atom. The Labute approximate surface area is 147 Å². The van der Waals surface area contributed by atoms with E-state index in [0.29, 0.717) is 0 Å². The Morgan fingerprint density at radius 1 is 1.32 bits per heavy atom. The molecule has 2 heterocycles. The molecule has 2 unspecified atom stereocenters. The minimum absolute atomic E-state index is 0.0574. The fourth-order valence-electron chi connectivity index (χ4n) is 2.76. The van der Waals surface area contributed by atoms with Crippen LogP contribution in [0.4, 0.5) is 8.78 Å². The van der Waals surface area contributed by atoms with E-state index in [1.807, 2.05) is 0 Å². The zero-order valence-corrected chi connectivity index (χ0v) is 14.7. The average Bonchev–Trinajstić information content (AvgIpc) is 3.05. The van der Waals surface area contributed by atoms with Gasteiger partial charge in [0.1, 0.15) is 12.4 Å². The zero-order chi connectivity index (χ0) is 18.0. The first kappa shape index (κ1) is 18.2. The van der Waals surface area contributed by atoms with Crippen LogP contribution in [0.25, 0.3) is 11.4 Å². The summed E-state index contributed by atoms with van der Waals surface area (Å²) in [6.45, 7) is 3.59. The Morgan fingerprint density at radius 3 is 2.56 bits per heavy atom. The number of hydrogen-bond acceptors (Lipinski definition) is 6. The lowest BCUT2D eigenvalue weighted by atomic mass is 10.1. The number of ether oxygens (including phenoxy) is 1. The van der Waals surface area contributed by atoms with Crippen LogP contribution in [0.3, 0.4) is 0 Å². The predicted molar refractivity (Wildman–Crippen MR) is 87.4 cm³/mol. The largest absolute Gasteiger partial charge is 0.611 e. The van der Waals surface area contributed by atoms with Crippen LogP contribution >= 0.6 is 0 Å². The van der Waals surface area contributed by atoms with E-state index in [1.165, 1.54) is 6.26 Å². The Bertz CT molecular complexity index is 712. The van der Waals surface area contributed by atoms with Crippen LogP contribution in [0.1, 0.15) is 31.8 Å². The van der Waals surface area contributed by atoms with E-state index in [1.54, 1.807) is 6.92 Å². The monoisotopic (exact) mass is 371 g/mol. The predicted octanol–water partition coefficient (Wildman–Crippen LogP) is 2.58. The Hall–Kier alpha value is -1.55. The molecular formula is C16H19F2N3O3S. The van der Waals surface area contributed by atoms with E-state index < -0.39 is 33.8 Å². The summed E-state index contributed by atoms with van der Waals surface area (Å²) in [5.41, 5.74) is 0.119. The van der Waals surface area contributed by atoms with Crippen LogP contribution in [0.15, 0.2) is 21.6 Å². The van der Waals surface area contributed by atoms with Gasteiger partial charge in [0, 0.05) is 5.56 Å². The maximum Gasteiger partial charge on any atom is 0.255 e. The van der Waals surface area contributed by atoms with E-state index in [2.05, 4.69) is 15.5 Å². The molecule has 1 saturated heterocycles. The lowest BCUT2D eigenvalue weighted by molar-refractivity contribution is -0.0326. The van der Waals surface area contributed by atoms with Gasteiger partial charge < -0.3 is 19.1 Å². The molecule has 1 fully saturated rings. The molecule has 1 N–H and O–H groups in total. The molecule has 1 aromatic carbocycles. The summed E-state index contributed by atoms with van der Waals surface area (Å²) in [4.78, 5) is 3.71. The first-order valence-corrected chi connectivity index (χ1v) is 9.54. The van der Waals surface area contributed by atoms with Crippen molar-refractivity contribution in [3.05, 3.63) is 29.7 Å². The van der Waals surface area contributed by atoms with Crippen molar-refractivity contribution in [3.8, 4) is 11.4 Å². The summed E-state index contributed by atoms with van der Waals surface area (Å²) in [6, 6.07) is 2.10. The molecule has 1 aliphatic rings. The summed E-state index contributed by atoms with van der Waals surface area (Å²) < 4.78 is 50.4. The number of nitrogens with zero attached hydrogens (tertiary/aromatic N) is 2. The SMILES string of the molecule is CC(OC1CCNCC1)c1nc(-c2cc(F)c([S+](C)[O-])c(F)c2)no1. The average molecular weight is 371 g/mol. The van der Waals surface area contributed by atoms with Crippen molar-refractivity contribution in [1.82, 2.24) is 15.5 Å². The van der Waals surface area contributed by atoms with Gasteiger partial charge in [0.15, 0.2) is 11.6 Å². The molecule has 2 atom stereocenters. The third-order valence-electron chi connectivity index (χ3n) is 4.02. The minimum atomic E-state index is -1.76. The van der Waals surface area contributed by atoms with Crippen molar-refractivity contribution in [2.45, 2.75) is 36.9 Å². The highest BCUT2D eigenvalue weighted by Gasteiger charge is 2.24. The van der Waals surface area contributed by atoms with Gasteiger partial charge >= 0.3 is 0 Å². The quantitative estimate of drug-likeness (QED) is 0.814. The van der Waals surface area contributed by atoms with Gasteiger partial charge in [0.05, 0.1) is 6.10 Å². The molecule has 25 heavy (non-hydrogen) atoms. The van der Waals surface area contributed by atoms with Crippen molar-refractivity contribution < 1.29 is 22.6 Å². The molecule has 0 radical (unpaired) electrons. The van der Waals surface area contributed by atoms with Gasteiger partial charge in [-0.3, -0.25) is 0 Å². The van der Waals surface area contributed by atoms with Crippen LogP contribution in [0.5, 0.6) is 0 Å². The van der Waals surface area contributed by atoms with Gasteiger partial charge in [-0.05, 0) is 56.2 Å². The second kappa shape index (κ2) is 7.77. The third-order valence-corrected chi connectivity index (χ3v) is 4.98. The van der Waals surface area contributed by atoms with Crippen molar-refractivity contribution in [1.29, 1.82) is 0 Å². The van der Waals surface area contributed by atoms with E-state index in [0.717, 1.165) is 38.1 Å². The van der Waals surface area contributed by atoms with Gasteiger partial charge in [0.2, 0.25) is 10.7 Å². The fraction of sp³-hybridized carbons (Fsp3) is 0.500. The third kappa shape index (κ3) is 4.17. The molecule has 0 aliphatic carbocycles. The molecule has 136 valence electrons. The topological polar surface area (TPSA) is 83.2 Å². The Balaban J connectivity index is 1.76. The van der Waals surface area contributed by atoms with Crippen LogP contribution in [0, 0.1) is 11.6 Å². The standard InChI is InChI=1S/C16H19F2N3O3S/c1-9(23-11-3-5-19-6-4-11)16-20-15(21-24-16)10-7-12(17)14(25(2)22)13(18)8-10/h7-9,11,19H,3-6H2,1-2H3. The van der Waals surface area contributed by atoms with Crippen LogP contribution in [-0.2, 0) is 15.9 Å². The molecule has 0 bridgehead atoms. The lowest BCUT2D eigenvalue weighted by Crippen LogP contribution is -2.33. The van der Waals surface area contributed by atoms with Crippen molar-refractivity contribution >= 4 is 11.2 Å². The van der Waals surface area contributed by atoms with Crippen molar-refractivity contribution in [3.63, 3.8) is 0 Å². The van der Waals surface area contributed by atoms with E-state index in [9.17, 15) is 13.3 Å². The second-order valence-electron chi connectivity index (χ2n) is 5.91. The highest BCUT2D eigenvalue weighted by molar-refractivity contribution is 7.90. The van der Waals surface area contributed by atoms with Gasteiger partial charge in [-0.15, -0.1) is 0 Å². The van der Waals surface area contributed by atoms with Crippen LogP contribution in [0.2, 0.25) is 0 Å². The number of nitrogens with one attached hydrogen (secondary N) is 1. The molecule has 0 amide bonds. The van der Waals surface area contributed by atoms with Crippen molar-refractivity contribution in [2.75, 3.05) is 19.3 Å². The second-order valence-corrected chi connectivity index (χ2v) is 7.22. The molecule has 1 aliphatic heterocycles. The number of aromatic nitrogens is 2. The number of rotatable bonds is 5. The van der Waals surface area contributed by atoms with Crippen LogP contribution in [-0.4, -0.2) is 40.1 Å². The maximum absolute atomic E-state index is 14.0. The summed E-state index contributed by atoms with van der Waals surface area (Å²) in [6.07, 6.45) is 2.71. The fourth-order valence-corrected chi connectivity index (χ4v) is 3.43. The molecule has 3 rings (SSSR count). The summed E-state index contributed by atoms with van der Waals surface area (Å²) >= 11 is -1.76. The van der Waals surface area contributed by atoms with E-state index >= 15 is 0 Å². The van der Waals surface area contributed by atoms with Gasteiger partial charge in [0.25, 0.3) is 5.89 Å². The zero-order valence-electron chi connectivity index (χ0n) is 13.9. The number of benzene rings is 1. The summed E-state index contributed by atoms with van der Waals surface area (Å²) in [5.74, 6) is -1.50. The molecule has 0 saturated carbocycles. The first-order chi connectivity index (χ1) is 12.0. The number of piperidine rings is 1. The van der Waals surface area contributed by atoms with Crippen LogP contribution < -0.4 is 5.32 Å². The molecule has 0 spiro atoms. The molecule has 9 heteroatoms. The molecular weight excluding hydrogens is 352 g/mol. The Kier molecular flexibility index (Phi) is 5.67. The lowest BCUT2D eigenvalue weighted by Gasteiger charge is -2.24. The molecule has 6 nitrogen and oxygen atoms in total. The van der Waals surface area contributed by atoms with E-state index in [-0.39, 0.29) is 23.4 Å². The number of halogens is 2. The number of hydrogen-bond donors (Lipinski definition) is 1. The summed E-state index contributed by atoms with van der Waals surface area (Å²) in [7, 11) is 0. The van der Waals surface area contributed by atoms with Gasteiger partial charge in [-0.1, -0.05) is 5.16 Å².